The zero-order chi connectivity index (χ0) is 8.10. The summed E-state index contributed by atoms with van der Waals surface area (Å²) in [7, 11) is 0. The fourth-order valence-electron chi connectivity index (χ4n) is 0.731. The van der Waals surface area contributed by atoms with Gasteiger partial charge in [0.15, 0.2) is 0 Å². The Morgan fingerprint density at radius 1 is 1.36 bits per heavy atom. The third-order valence-electron chi connectivity index (χ3n) is 1.27. The summed E-state index contributed by atoms with van der Waals surface area (Å²) < 4.78 is 4.56. The highest BCUT2D eigenvalue weighted by atomic mass is 32.1. The molecule has 0 N–H and O–H groups in total. The second-order valence-electron chi connectivity index (χ2n) is 2.10. The van der Waals surface area contributed by atoms with Gasteiger partial charge >= 0.3 is 0 Å². The number of hydrogen-bond acceptors (Lipinski definition) is 2. The molecule has 58 valence electrons. The Hall–Kier alpha value is -0.960. The Bertz CT molecular complexity index is 230. The van der Waals surface area contributed by atoms with Crippen LogP contribution in [0.25, 0.3) is 0 Å². The minimum absolute atomic E-state index is 0.343. The minimum atomic E-state index is 0.343. The van der Waals surface area contributed by atoms with Crippen LogP contribution in [-0.2, 0) is 28.8 Å². The van der Waals surface area contributed by atoms with Gasteiger partial charge in [-0.15, -0.1) is 0 Å². The number of benzene rings is 1. The van der Waals surface area contributed by atoms with E-state index in [9.17, 15) is 4.79 Å². The molecular weight excluding hydrogens is 160 g/mol. The van der Waals surface area contributed by atoms with Crippen molar-refractivity contribution in [1.29, 1.82) is 0 Å². The van der Waals surface area contributed by atoms with Crippen molar-refractivity contribution in [3.05, 3.63) is 29.8 Å². The molecule has 0 saturated carbocycles. The van der Waals surface area contributed by atoms with Crippen molar-refractivity contribution in [2.24, 2.45) is 0 Å². The van der Waals surface area contributed by atoms with Crippen molar-refractivity contribution in [2.75, 3.05) is 0 Å². The molecule has 0 aliphatic heterocycles. The molecule has 0 aromatic heterocycles. The van der Waals surface area contributed by atoms with E-state index >= 15 is 0 Å². The molecule has 0 fully saturated rings. The maximum Gasteiger partial charge on any atom is 0.293 e. The van der Waals surface area contributed by atoms with E-state index in [2.05, 4.69) is 17.4 Å². The maximum absolute atomic E-state index is 9.81. The minimum Gasteiger partial charge on any atom is -0.463 e. The van der Waals surface area contributed by atoms with E-state index in [0.717, 1.165) is 10.5 Å². The van der Waals surface area contributed by atoms with E-state index < -0.39 is 0 Å². The molecule has 0 aliphatic carbocycles. The average Bonchev–Trinajstić information content (AvgIpc) is 2.04. The summed E-state index contributed by atoms with van der Waals surface area (Å²) in [5.41, 5.74) is 0.985. The Morgan fingerprint density at radius 3 is 2.55 bits per heavy atom. The van der Waals surface area contributed by atoms with Crippen LogP contribution in [0.3, 0.4) is 0 Å². The van der Waals surface area contributed by atoms with Gasteiger partial charge in [0.2, 0.25) is 0 Å². The number of carbonyl (C=O) groups is 1. The Morgan fingerprint density at radius 2 is 2.00 bits per heavy atom. The largest absolute Gasteiger partial charge is 0.463 e. The second-order valence-corrected chi connectivity index (χ2v) is 2.68. The molecule has 1 rings (SSSR count). The smallest absolute Gasteiger partial charge is 0.293 e. The molecular formula is C8H9O2S+. The summed E-state index contributed by atoms with van der Waals surface area (Å²) in [4.78, 5) is 10.8. The predicted octanol–water partition coefficient (Wildman–Crippen LogP) is 0.730. The first-order valence-electron chi connectivity index (χ1n) is 3.19. The quantitative estimate of drug-likeness (QED) is 0.492. The maximum atomic E-state index is 9.81. The van der Waals surface area contributed by atoms with E-state index in [1.165, 1.54) is 0 Å². The summed E-state index contributed by atoms with van der Waals surface area (Å²) in [5, 5.41) is 0. The van der Waals surface area contributed by atoms with Crippen molar-refractivity contribution >= 4 is 19.1 Å². The summed E-state index contributed by atoms with van der Waals surface area (Å²) in [6.45, 7) is 0.789. The Balaban J connectivity index is 2.58. The molecule has 0 spiro atoms. The van der Waals surface area contributed by atoms with Crippen molar-refractivity contribution in [3.8, 4) is 0 Å². The first-order chi connectivity index (χ1) is 5.33. The first kappa shape index (κ1) is 8.14. The van der Waals surface area contributed by atoms with Crippen LogP contribution in [0.2, 0.25) is 0 Å². The predicted molar refractivity (Wildman–Crippen MR) is 45.7 cm³/mol. The summed E-state index contributed by atoms with van der Waals surface area (Å²) in [6.07, 6.45) is 0. The highest BCUT2D eigenvalue weighted by molar-refractivity contribution is 7.58. The van der Waals surface area contributed by atoms with Crippen LogP contribution in [0, 0.1) is 0 Å². The third kappa shape index (κ3) is 2.63. The molecule has 1 aromatic carbocycles. The fraction of sp³-hybridized carbons (Fsp3) is 0.125. The van der Waals surface area contributed by atoms with Crippen molar-refractivity contribution in [1.82, 2.24) is 0 Å². The van der Waals surface area contributed by atoms with Gasteiger partial charge in [-0.3, -0.25) is 4.79 Å². The Labute approximate surface area is 70.6 Å². The molecule has 0 unspecified atom stereocenters. The van der Waals surface area contributed by atoms with Crippen LogP contribution in [0.15, 0.2) is 29.2 Å². The zero-order valence-electron chi connectivity index (χ0n) is 5.91. The second kappa shape index (κ2) is 4.03. The van der Waals surface area contributed by atoms with E-state index in [1.807, 2.05) is 24.3 Å². The zero-order valence-corrected chi connectivity index (χ0v) is 6.91. The molecule has 11 heavy (non-hydrogen) atoms. The van der Waals surface area contributed by atoms with Gasteiger partial charge in [-0.1, -0.05) is 12.1 Å². The van der Waals surface area contributed by atoms with Gasteiger partial charge in [-0.05, 0) is 30.3 Å². The molecule has 0 amide bonds. The molecule has 0 aliphatic rings. The summed E-state index contributed by atoms with van der Waals surface area (Å²) >= 11 is 3.35. The van der Waals surface area contributed by atoms with Crippen LogP contribution >= 0.6 is 0 Å². The molecule has 0 radical (unpaired) electrons. The highest BCUT2D eigenvalue weighted by Gasteiger charge is 1.93. The van der Waals surface area contributed by atoms with E-state index in [0.29, 0.717) is 13.1 Å². The monoisotopic (exact) mass is 169 g/mol. The lowest BCUT2D eigenvalue weighted by Crippen LogP contribution is -1.89. The number of rotatable bonds is 3. The van der Waals surface area contributed by atoms with Gasteiger partial charge in [0.1, 0.15) is 11.5 Å². The third-order valence-corrected chi connectivity index (χ3v) is 1.61. The number of carbonyl (C=O) groups excluding carboxylic acids is 1. The molecule has 0 bridgehead atoms. The summed E-state index contributed by atoms with van der Waals surface area (Å²) in [6, 6.07) is 7.60. The normalized spacial score (nSPS) is 9.18. The van der Waals surface area contributed by atoms with Crippen molar-refractivity contribution in [3.63, 3.8) is 0 Å². The van der Waals surface area contributed by atoms with Crippen molar-refractivity contribution < 1.29 is 9.53 Å². The number of ether oxygens (including phenoxy) is 1. The SMILES string of the molecule is O=COCc1ccc([SH2+])cc1. The van der Waals surface area contributed by atoms with E-state index in [1.54, 1.807) is 0 Å². The number of hydrogen-bond donors (Lipinski definition) is 0. The molecule has 3 heteroatoms. The lowest BCUT2D eigenvalue weighted by Gasteiger charge is -1.96. The lowest BCUT2D eigenvalue weighted by atomic mass is 10.2. The topological polar surface area (TPSA) is 26.3 Å². The fourth-order valence-corrected chi connectivity index (χ4v) is 0.898. The van der Waals surface area contributed by atoms with Crippen molar-refractivity contribution in [2.45, 2.75) is 11.5 Å². The molecule has 0 heterocycles. The Kier molecular flexibility index (Phi) is 2.98. The molecule has 0 atom stereocenters. The molecule has 2 nitrogen and oxygen atoms in total. The van der Waals surface area contributed by atoms with Gasteiger partial charge in [-0.2, -0.15) is 0 Å². The van der Waals surface area contributed by atoms with E-state index in [-0.39, 0.29) is 0 Å². The average molecular weight is 169 g/mol. The summed E-state index contributed by atoms with van der Waals surface area (Å²) in [5.74, 6) is 0. The van der Waals surface area contributed by atoms with Crippen LogP contribution in [0.5, 0.6) is 0 Å². The standard InChI is InChI=1S/C8H8O2S/c9-6-10-5-7-1-3-8(11)4-2-7/h1-4,6,11H,5H2/p+1. The van der Waals surface area contributed by atoms with Gasteiger partial charge < -0.3 is 4.74 Å². The first-order valence-corrected chi connectivity index (χ1v) is 3.69. The van der Waals surface area contributed by atoms with Gasteiger partial charge in [0.25, 0.3) is 6.47 Å². The van der Waals surface area contributed by atoms with Crippen LogP contribution in [0.1, 0.15) is 5.56 Å². The van der Waals surface area contributed by atoms with Gasteiger partial charge in [0, 0.05) is 0 Å². The van der Waals surface area contributed by atoms with Crippen LogP contribution < -0.4 is 0 Å². The van der Waals surface area contributed by atoms with Crippen LogP contribution in [-0.4, -0.2) is 6.47 Å². The van der Waals surface area contributed by atoms with E-state index in [4.69, 9.17) is 0 Å². The van der Waals surface area contributed by atoms with Gasteiger partial charge in [0.05, 0.1) is 0 Å². The molecule has 0 saturated heterocycles. The van der Waals surface area contributed by atoms with Crippen LogP contribution in [0.4, 0.5) is 0 Å². The lowest BCUT2D eigenvalue weighted by molar-refractivity contribution is -0.129. The van der Waals surface area contributed by atoms with Gasteiger partial charge in [-0.25, -0.2) is 0 Å². The molecule has 1 aromatic rings. The highest BCUT2D eigenvalue weighted by Crippen LogP contribution is 2.03.